The minimum atomic E-state index is -1.37. The van der Waals surface area contributed by atoms with Crippen molar-refractivity contribution in [2.24, 2.45) is 10.2 Å². The summed E-state index contributed by atoms with van der Waals surface area (Å²) in [5.41, 5.74) is 2.90. The summed E-state index contributed by atoms with van der Waals surface area (Å²) in [5, 5.41) is 33.4. The highest BCUT2D eigenvalue weighted by Gasteiger charge is 2.35. The van der Waals surface area contributed by atoms with Crippen molar-refractivity contribution in [1.29, 1.82) is 0 Å². The molecule has 1 fully saturated rings. The number of ether oxygens (including phenoxy) is 2. The van der Waals surface area contributed by atoms with Crippen LogP contribution in [0, 0.1) is 0 Å². The maximum Gasteiger partial charge on any atom is 0.140 e. The van der Waals surface area contributed by atoms with E-state index in [1.807, 2.05) is 170 Å². The number of rotatable bonds is 8. The number of hydrogen-bond acceptors (Lipinski definition) is 6. The fourth-order valence-corrected chi connectivity index (χ4v) is 5.86. The van der Waals surface area contributed by atoms with Gasteiger partial charge in [0.2, 0.25) is 0 Å². The smallest absolute Gasteiger partial charge is 0.140 e. The minimum Gasteiger partial charge on any atom is -0.377 e. The van der Waals surface area contributed by atoms with Gasteiger partial charge in [-0.3, -0.25) is 0 Å². The first kappa shape index (κ1) is 32.7. The average Bonchev–Trinajstić information content (AvgIpc) is 3.19. The van der Waals surface area contributed by atoms with Crippen molar-refractivity contribution in [2.75, 3.05) is 26.4 Å². The van der Waals surface area contributed by atoms with E-state index < -0.39 is 11.2 Å². The zero-order chi connectivity index (χ0) is 33.1. The Hall–Kier alpha value is -5.24. The molecule has 0 amide bonds. The highest BCUT2D eigenvalue weighted by atomic mass is 16.6. The van der Waals surface area contributed by atoms with Crippen molar-refractivity contribution in [3.63, 3.8) is 0 Å². The summed E-state index contributed by atoms with van der Waals surface area (Å²) in [6.45, 7) is 3.11. The van der Waals surface area contributed by atoms with Crippen LogP contribution in [0.15, 0.2) is 180 Å². The van der Waals surface area contributed by atoms with Gasteiger partial charge in [-0.05, 0) is 57.6 Å². The van der Waals surface area contributed by atoms with Gasteiger partial charge in [0.15, 0.2) is 0 Å². The number of aliphatic hydroxyl groups is 2. The molecule has 0 saturated carbocycles. The van der Waals surface area contributed by atoms with Gasteiger partial charge in [0.1, 0.15) is 11.2 Å². The summed E-state index contributed by atoms with van der Waals surface area (Å²) in [5.74, 6) is 0. The molecule has 0 aromatic heterocycles. The van der Waals surface area contributed by atoms with E-state index >= 15 is 0 Å². The van der Waals surface area contributed by atoms with Gasteiger partial charge >= 0.3 is 0 Å². The van der Waals surface area contributed by atoms with Crippen LogP contribution in [0.5, 0.6) is 0 Å². The first-order valence-corrected chi connectivity index (χ1v) is 16.0. The van der Waals surface area contributed by atoms with Crippen LogP contribution in [0.1, 0.15) is 33.4 Å². The Bertz CT molecular complexity index is 1670. The third-order valence-corrected chi connectivity index (χ3v) is 8.32. The molecule has 0 spiro atoms. The standard InChI is InChI=1S/C38H30N2O2.C4H8O2/c41-37(29-15-5-1-6-16-29,30-17-7-2-8-18-30)33-23-13-25-35(27-33)39-40-36-26-14-24-34(28-36)38(42,31-19-9-3-10-20-31)32-21-11-4-12-22-32;1-2-6-4-3-5-1/h1-28,41-42H;1-4H2. The Morgan fingerprint density at radius 2 is 0.625 bits per heavy atom. The molecule has 240 valence electrons. The molecule has 6 aromatic rings. The van der Waals surface area contributed by atoms with E-state index in [1.165, 1.54) is 0 Å². The van der Waals surface area contributed by atoms with Crippen molar-refractivity contribution < 1.29 is 19.7 Å². The van der Waals surface area contributed by atoms with Crippen LogP contribution in [0.25, 0.3) is 0 Å². The van der Waals surface area contributed by atoms with Crippen LogP contribution in [-0.4, -0.2) is 36.6 Å². The molecule has 0 atom stereocenters. The van der Waals surface area contributed by atoms with Gasteiger partial charge in [-0.2, -0.15) is 10.2 Å². The van der Waals surface area contributed by atoms with Crippen molar-refractivity contribution in [3.8, 4) is 0 Å². The van der Waals surface area contributed by atoms with Crippen molar-refractivity contribution in [1.82, 2.24) is 0 Å². The largest absolute Gasteiger partial charge is 0.377 e. The quantitative estimate of drug-likeness (QED) is 0.130. The van der Waals surface area contributed by atoms with Gasteiger partial charge < -0.3 is 19.7 Å². The molecular formula is C42H38N2O4. The van der Waals surface area contributed by atoms with Crippen molar-refractivity contribution in [3.05, 3.63) is 203 Å². The minimum absolute atomic E-state index is 0.601. The van der Waals surface area contributed by atoms with Gasteiger partial charge in [-0.15, -0.1) is 0 Å². The molecule has 6 heteroatoms. The summed E-state index contributed by atoms with van der Waals surface area (Å²) in [7, 11) is 0. The molecule has 2 N–H and O–H groups in total. The summed E-state index contributed by atoms with van der Waals surface area (Å²) in [6, 6.07) is 53.5. The van der Waals surface area contributed by atoms with Crippen molar-refractivity contribution >= 4 is 11.4 Å². The van der Waals surface area contributed by atoms with E-state index in [4.69, 9.17) is 9.47 Å². The number of hydrogen-bond donors (Lipinski definition) is 2. The topological polar surface area (TPSA) is 83.6 Å². The van der Waals surface area contributed by atoms with Crippen LogP contribution in [0.4, 0.5) is 11.4 Å². The number of nitrogens with zero attached hydrogens (tertiary/aromatic N) is 2. The normalized spacial score (nSPS) is 13.5. The lowest BCUT2D eigenvalue weighted by atomic mass is 9.80. The SMILES string of the molecule is C1COCCO1.OC(c1ccccc1)(c1ccccc1)c1cccc(N=Nc2cccc(C(O)(c3ccccc3)c3ccccc3)c2)c1. The molecule has 0 bridgehead atoms. The molecule has 1 heterocycles. The average molecular weight is 635 g/mol. The third kappa shape index (κ3) is 7.33. The van der Waals surface area contributed by atoms with Crippen LogP contribution in [-0.2, 0) is 20.7 Å². The molecular weight excluding hydrogens is 596 g/mol. The van der Waals surface area contributed by atoms with Gasteiger partial charge in [-0.1, -0.05) is 146 Å². The second-order valence-corrected chi connectivity index (χ2v) is 11.4. The highest BCUT2D eigenvalue weighted by Crippen LogP contribution is 2.39. The number of azo groups is 1. The molecule has 0 unspecified atom stereocenters. The molecule has 1 aliphatic heterocycles. The fraction of sp³-hybridized carbons (Fsp3) is 0.143. The maximum atomic E-state index is 12.2. The lowest BCUT2D eigenvalue weighted by Gasteiger charge is -2.30. The Morgan fingerprint density at radius 1 is 0.354 bits per heavy atom. The van der Waals surface area contributed by atoms with E-state index in [-0.39, 0.29) is 0 Å². The second-order valence-electron chi connectivity index (χ2n) is 11.4. The van der Waals surface area contributed by atoms with E-state index in [2.05, 4.69) is 10.2 Å². The Morgan fingerprint density at radius 3 is 0.896 bits per heavy atom. The summed E-state index contributed by atoms with van der Waals surface area (Å²) < 4.78 is 9.89. The van der Waals surface area contributed by atoms with E-state index in [0.29, 0.717) is 22.5 Å². The molecule has 6 nitrogen and oxygen atoms in total. The predicted molar refractivity (Wildman–Crippen MR) is 189 cm³/mol. The van der Waals surface area contributed by atoms with E-state index in [0.717, 1.165) is 48.7 Å². The summed E-state index contributed by atoms with van der Waals surface area (Å²) in [4.78, 5) is 0. The predicted octanol–water partition coefficient (Wildman–Crippen LogP) is 8.70. The highest BCUT2D eigenvalue weighted by molar-refractivity contribution is 5.54. The summed E-state index contributed by atoms with van der Waals surface area (Å²) in [6.07, 6.45) is 0. The number of benzene rings is 6. The van der Waals surface area contributed by atoms with Crippen LogP contribution in [0.2, 0.25) is 0 Å². The lowest BCUT2D eigenvalue weighted by Crippen LogP contribution is -2.28. The zero-order valence-electron chi connectivity index (χ0n) is 26.6. The van der Waals surface area contributed by atoms with Gasteiger partial charge in [0.25, 0.3) is 0 Å². The molecule has 48 heavy (non-hydrogen) atoms. The van der Waals surface area contributed by atoms with Gasteiger partial charge in [-0.25, -0.2) is 0 Å². The molecule has 0 radical (unpaired) electrons. The maximum absolute atomic E-state index is 12.2. The first-order chi connectivity index (χ1) is 23.6. The Labute approximate surface area is 281 Å². The second kappa shape index (κ2) is 15.6. The molecule has 0 aliphatic carbocycles. The van der Waals surface area contributed by atoms with Crippen molar-refractivity contribution in [2.45, 2.75) is 11.2 Å². The fourth-order valence-electron chi connectivity index (χ4n) is 5.86. The Balaban J connectivity index is 0.000000604. The Kier molecular flexibility index (Phi) is 10.6. The van der Waals surface area contributed by atoms with E-state index in [1.54, 1.807) is 0 Å². The molecule has 7 rings (SSSR count). The molecule has 1 aliphatic rings. The zero-order valence-corrected chi connectivity index (χ0v) is 26.6. The lowest BCUT2D eigenvalue weighted by molar-refractivity contribution is -0.0334. The molecule has 1 saturated heterocycles. The summed E-state index contributed by atoms with van der Waals surface area (Å²) >= 11 is 0. The van der Waals surface area contributed by atoms with E-state index in [9.17, 15) is 10.2 Å². The van der Waals surface area contributed by atoms with Gasteiger partial charge in [0, 0.05) is 0 Å². The molecule has 6 aromatic carbocycles. The monoisotopic (exact) mass is 634 g/mol. The first-order valence-electron chi connectivity index (χ1n) is 16.0. The van der Waals surface area contributed by atoms with Crippen LogP contribution in [0.3, 0.4) is 0 Å². The van der Waals surface area contributed by atoms with Crippen LogP contribution >= 0.6 is 0 Å². The third-order valence-electron chi connectivity index (χ3n) is 8.32. The van der Waals surface area contributed by atoms with Gasteiger partial charge in [0.05, 0.1) is 37.8 Å². The van der Waals surface area contributed by atoms with Crippen LogP contribution < -0.4 is 0 Å².